The first-order chi connectivity index (χ1) is 16.3. The molecule has 0 bridgehead atoms. The molecule has 1 aliphatic heterocycles. The summed E-state index contributed by atoms with van der Waals surface area (Å²) in [5, 5.41) is -0.413. The molecule has 0 unspecified atom stereocenters. The molecule has 0 saturated carbocycles. The van der Waals surface area contributed by atoms with Gasteiger partial charge in [-0.15, -0.1) is 0 Å². The van der Waals surface area contributed by atoms with Gasteiger partial charge in [0.15, 0.2) is 0 Å². The van der Waals surface area contributed by atoms with E-state index in [4.69, 9.17) is 9.15 Å². The van der Waals surface area contributed by atoms with Crippen LogP contribution in [0.1, 0.15) is 33.0 Å². The van der Waals surface area contributed by atoms with E-state index in [-0.39, 0.29) is 12.3 Å². The lowest BCUT2D eigenvalue weighted by molar-refractivity contribution is -0.123. The number of ether oxygens (including phenoxy) is 2. The second kappa shape index (κ2) is 10.3. The molecule has 1 aliphatic rings. The van der Waals surface area contributed by atoms with Crippen molar-refractivity contribution in [3.63, 3.8) is 0 Å². The topological polar surface area (TPSA) is 86.0 Å². The molecule has 174 valence electrons. The molecule has 34 heavy (non-hydrogen) atoms. The van der Waals surface area contributed by atoms with E-state index < -0.39 is 17.1 Å². The Morgan fingerprint density at radius 3 is 2.71 bits per heavy atom. The van der Waals surface area contributed by atoms with E-state index in [1.165, 1.54) is 24.8 Å². The highest BCUT2D eigenvalue weighted by molar-refractivity contribution is 9.10. The number of hydrogen-bond donors (Lipinski definition) is 0. The number of hydrogen-bond acceptors (Lipinski definition) is 7. The lowest BCUT2D eigenvalue weighted by Gasteiger charge is -2.10. The van der Waals surface area contributed by atoms with Crippen LogP contribution in [0.15, 0.2) is 68.4 Å². The Hall–Kier alpha value is -3.30. The molecular formula is C25H20BrNO6S. The minimum atomic E-state index is -0.628. The van der Waals surface area contributed by atoms with Crippen LogP contribution in [-0.2, 0) is 22.7 Å². The van der Waals surface area contributed by atoms with Gasteiger partial charge in [-0.25, -0.2) is 4.79 Å². The van der Waals surface area contributed by atoms with E-state index in [9.17, 15) is 14.4 Å². The molecule has 2 aromatic carbocycles. The maximum atomic E-state index is 12.8. The van der Waals surface area contributed by atoms with Crippen LogP contribution in [0.3, 0.4) is 0 Å². The zero-order chi connectivity index (χ0) is 24.2. The molecule has 3 aromatic rings. The second-order valence-electron chi connectivity index (χ2n) is 7.49. The van der Waals surface area contributed by atoms with Crippen molar-refractivity contribution in [2.24, 2.45) is 0 Å². The number of nitrogens with zero attached hydrogens (tertiary/aromatic N) is 1. The van der Waals surface area contributed by atoms with Crippen molar-refractivity contribution in [2.45, 2.75) is 20.1 Å². The average molecular weight is 542 g/mol. The number of furan rings is 1. The number of imide groups is 1. The van der Waals surface area contributed by atoms with E-state index in [0.29, 0.717) is 23.0 Å². The number of methoxy groups -OCH3 is 1. The third-order valence-corrected chi connectivity index (χ3v) is 6.49. The van der Waals surface area contributed by atoms with Gasteiger partial charge in [0.1, 0.15) is 18.1 Å². The van der Waals surface area contributed by atoms with Crippen molar-refractivity contribution < 1.29 is 28.3 Å². The highest BCUT2D eigenvalue weighted by Crippen LogP contribution is 2.35. The fourth-order valence-corrected chi connectivity index (χ4v) is 4.65. The van der Waals surface area contributed by atoms with Crippen LogP contribution in [0.2, 0.25) is 0 Å². The Balaban J connectivity index is 1.43. The third-order valence-electron chi connectivity index (χ3n) is 4.97. The number of esters is 1. The molecule has 0 aliphatic carbocycles. The van der Waals surface area contributed by atoms with Crippen molar-refractivity contribution >= 4 is 50.9 Å². The highest BCUT2D eigenvalue weighted by Gasteiger charge is 2.35. The van der Waals surface area contributed by atoms with Crippen LogP contribution in [-0.4, -0.2) is 29.1 Å². The number of thioether (sulfide) groups is 1. The Labute approximate surface area is 208 Å². The predicted octanol–water partition coefficient (Wildman–Crippen LogP) is 5.95. The van der Waals surface area contributed by atoms with Gasteiger partial charge >= 0.3 is 5.97 Å². The summed E-state index contributed by atoms with van der Waals surface area (Å²) in [6.07, 6.45) is 1.65. The molecule has 0 radical (unpaired) electrons. The maximum Gasteiger partial charge on any atom is 0.373 e. The number of rotatable bonds is 7. The summed E-state index contributed by atoms with van der Waals surface area (Å²) < 4.78 is 16.6. The van der Waals surface area contributed by atoms with Gasteiger partial charge in [0.2, 0.25) is 5.76 Å². The predicted molar refractivity (Wildman–Crippen MR) is 131 cm³/mol. The van der Waals surface area contributed by atoms with E-state index in [0.717, 1.165) is 32.3 Å². The van der Waals surface area contributed by atoms with Gasteiger partial charge in [0, 0.05) is 0 Å². The van der Waals surface area contributed by atoms with Crippen LogP contribution >= 0.6 is 27.7 Å². The zero-order valence-corrected chi connectivity index (χ0v) is 20.8. The van der Waals surface area contributed by atoms with E-state index in [1.807, 2.05) is 43.3 Å². The molecule has 2 amide bonds. The number of carbonyl (C=O) groups excluding carboxylic acids is 3. The van der Waals surface area contributed by atoms with Gasteiger partial charge in [0.25, 0.3) is 11.1 Å². The van der Waals surface area contributed by atoms with Crippen LogP contribution in [0, 0.1) is 6.92 Å². The van der Waals surface area contributed by atoms with Crippen molar-refractivity contribution in [3.05, 3.63) is 92.2 Å². The minimum absolute atomic E-state index is 0.00886. The molecule has 7 nitrogen and oxygen atoms in total. The first kappa shape index (κ1) is 23.8. The molecule has 9 heteroatoms. The standard InChI is InChI=1S/C25H20BrNO6S/c1-15-4-3-5-17(10-15)14-32-20-8-6-16(11-19(20)26)12-22-23(28)27(25(30)34-22)13-18-7-9-21(33-18)24(29)31-2/h3-12H,13-14H2,1-2H3/b22-12+. The quantitative estimate of drug-likeness (QED) is 0.269. The summed E-state index contributed by atoms with van der Waals surface area (Å²) in [7, 11) is 1.24. The first-order valence-corrected chi connectivity index (χ1v) is 11.9. The first-order valence-electron chi connectivity index (χ1n) is 10.2. The number of carbonyl (C=O) groups is 3. The smallest absolute Gasteiger partial charge is 0.373 e. The van der Waals surface area contributed by atoms with Crippen molar-refractivity contribution in [1.29, 1.82) is 0 Å². The summed E-state index contributed by atoms with van der Waals surface area (Å²) in [4.78, 5) is 38.1. The van der Waals surface area contributed by atoms with Gasteiger partial charge in [-0.2, -0.15) is 0 Å². The minimum Gasteiger partial charge on any atom is -0.488 e. The number of aryl methyl sites for hydroxylation is 1. The molecule has 0 spiro atoms. The number of amides is 2. The van der Waals surface area contributed by atoms with E-state index >= 15 is 0 Å². The summed E-state index contributed by atoms with van der Waals surface area (Å²) in [6.45, 7) is 2.39. The second-order valence-corrected chi connectivity index (χ2v) is 9.34. The Kier molecular flexibility index (Phi) is 7.23. The Morgan fingerprint density at radius 1 is 1.15 bits per heavy atom. The maximum absolute atomic E-state index is 12.8. The summed E-state index contributed by atoms with van der Waals surface area (Å²) in [5.41, 5.74) is 2.98. The molecule has 2 heterocycles. The average Bonchev–Trinajstić information content (AvgIpc) is 3.38. The monoisotopic (exact) mass is 541 g/mol. The third kappa shape index (κ3) is 5.43. The Morgan fingerprint density at radius 2 is 1.97 bits per heavy atom. The van der Waals surface area contributed by atoms with Gasteiger partial charge in [-0.3, -0.25) is 14.5 Å². The molecular weight excluding hydrogens is 522 g/mol. The Bertz CT molecular complexity index is 1300. The molecule has 1 fully saturated rings. The summed E-state index contributed by atoms with van der Waals surface area (Å²) in [6, 6.07) is 16.5. The fourth-order valence-electron chi connectivity index (χ4n) is 3.30. The van der Waals surface area contributed by atoms with Crippen LogP contribution < -0.4 is 4.74 Å². The lowest BCUT2D eigenvalue weighted by Crippen LogP contribution is -2.27. The lowest BCUT2D eigenvalue weighted by atomic mass is 10.1. The van der Waals surface area contributed by atoms with E-state index in [1.54, 1.807) is 6.08 Å². The number of halogens is 1. The van der Waals surface area contributed by atoms with Crippen molar-refractivity contribution in [3.8, 4) is 5.75 Å². The molecule has 0 N–H and O–H groups in total. The highest BCUT2D eigenvalue weighted by atomic mass is 79.9. The van der Waals surface area contributed by atoms with Gasteiger partial charge in [-0.05, 0) is 76.1 Å². The molecule has 1 saturated heterocycles. The normalized spacial score (nSPS) is 14.7. The largest absolute Gasteiger partial charge is 0.488 e. The van der Waals surface area contributed by atoms with Gasteiger partial charge in [0.05, 0.1) is 23.0 Å². The molecule has 4 rings (SSSR count). The van der Waals surface area contributed by atoms with Crippen molar-refractivity contribution in [2.75, 3.05) is 7.11 Å². The van der Waals surface area contributed by atoms with Crippen LogP contribution in [0.25, 0.3) is 6.08 Å². The molecule has 0 atom stereocenters. The van der Waals surface area contributed by atoms with Crippen LogP contribution in [0.4, 0.5) is 4.79 Å². The van der Waals surface area contributed by atoms with E-state index in [2.05, 4.69) is 26.7 Å². The fraction of sp³-hybridized carbons (Fsp3) is 0.160. The molecule has 1 aromatic heterocycles. The van der Waals surface area contributed by atoms with Crippen LogP contribution in [0.5, 0.6) is 5.75 Å². The zero-order valence-electron chi connectivity index (χ0n) is 18.4. The number of benzene rings is 2. The van der Waals surface area contributed by atoms with Gasteiger partial charge < -0.3 is 13.9 Å². The van der Waals surface area contributed by atoms with Crippen molar-refractivity contribution in [1.82, 2.24) is 4.90 Å². The SMILES string of the molecule is COC(=O)c1ccc(CN2C(=O)S/C(=C/c3ccc(OCc4cccc(C)c4)c(Br)c3)C2=O)o1. The summed E-state index contributed by atoms with van der Waals surface area (Å²) in [5.74, 6) is -0.0681. The van der Waals surface area contributed by atoms with Gasteiger partial charge in [-0.1, -0.05) is 35.9 Å². The summed E-state index contributed by atoms with van der Waals surface area (Å²) >= 11 is 4.37.